The number of phenolic OH excluding ortho intramolecular Hbond substituents is 1. The topological polar surface area (TPSA) is 59.1 Å². The van der Waals surface area contributed by atoms with Gasteiger partial charge in [-0.1, -0.05) is 18.2 Å². The van der Waals surface area contributed by atoms with Gasteiger partial charge in [-0.15, -0.1) is 11.3 Å². The van der Waals surface area contributed by atoms with Crippen molar-refractivity contribution >= 4 is 17.0 Å². The standard InChI is InChI=1S/C17H15N2OS/c18-17-5-4-13(6-12-2-1-3-15(20)8-12)7-14(17)9-16-10-19-11-21-16/h1,3-5,7-8,10-11,20H,6,9,18H2. The molecule has 0 saturated carbocycles. The third kappa shape index (κ3) is 3.41. The molecule has 3 nitrogen and oxygen atoms in total. The summed E-state index contributed by atoms with van der Waals surface area (Å²) in [6.45, 7) is 0. The molecule has 1 aromatic heterocycles. The minimum Gasteiger partial charge on any atom is -0.508 e. The van der Waals surface area contributed by atoms with Crippen molar-refractivity contribution in [2.75, 3.05) is 5.73 Å². The van der Waals surface area contributed by atoms with Crippen LogP contribution in [0.15, 0.2) is 48.1 Å². The van der Waals surface area contributed by atoms with Gasteiger partial charge in [-0.05, 0) is 47.4 Å². The first-order chi connectivity index (χ1) is 10.2. The minimum absolute atomic E-state index is 0.268. The van der Waals surface area contributed by atoms with Crippen molar-refractivity contribution in [1.29, 1.82) is 0 Å². The molecule has 3 rings (SSSR count). The molecule has 3 N–H and O–H groups in total. The SMILES string of the molecule is Nc1ccc(Cc2[c]ccc(O)c2)cc1Cc1cncs1. The van der Waals surface area contributed by atoms with E-state index in [-0.39, 0.29) is 5.75 Å². The predicted octanol–water partition coefficient (Wildman–Crippen LogP) is 3.41. The molecule has 1 radical (unpaired) electrons. The summed E-state index contributed by atoms with van der Waals surface area (Å²) in [5.74, 6) is 0.268. The lowest BCUT2D eigenvalue weighted by atomic mass is 10.00. The van der Waals surface area contributed by atoms with E-state index in [4.69, 9.17) is 5.73 Å². The van der Waals surface area contributed by atoms with Crippen molar-refractivity contribution in [2.24, 2.45) is 0 Å². The third-order valence-corrected chi connectivity index (χ3v) is 4.07. The summed E-state index contributed by atoms with van der Waals surface area (Å²) in [5.41, 5.74) is 11.9. The second kappa shape index (κ2) is 5.97. The van der Waals surface area contributed by atoms with Crippen LogP contribution in [0.2, 0.25) is 0 Å². The van der Waals surface area contributed by atoms with E-state index in [2.05, 4.69) is 17.1 Å². The van der Waals surface area contributed by atoms with Crippen molar-refractivity contribution in [2.45, 2.75) is 12.8 Å². The van der Waals surface area contributed by atoms with Crippen LogP contribution in [0.5, 0.6) is 5.75 Å². The normalized spacial score (nSPS) is 10.7. The Morgan fingerprint density at radius 2 is 2.10 bits per heavy atom. The highest BCUT2D eigenvalue weighted by atomic mass is 32.1. The van der Waals surface area contributed by atoms with E-state index in [1.165, 1.54) is 4.88 Å². The van der Waals surface area contributed by atoms with Crippen LogP contribution < -0.4 is 5.73 Å². The van der Waals surface area contributed by atoms with Crippen LogP contribution >= 0.6 is 11.3 Å². The molecule has 21 heavy (non-hydrogen) atoms. The van der Waals surface area contributed by atoms with Gasteiger partial charge in [0, 0.05) is 23.2 Å². The first kappa shape index (κ1) is 13.6. The monoisotopic (exact) mass is 295 g/mol. The third-order valence-electron chi connectivity index (χ3n) is 3.30. The molecular weight excluding hydrogens is 280 g/mol. The number of aromatic nitrogens is 1. The highest BCUT2D eigenvalue weighted by molar-refractivity contribution is 7.09. The van der Waals surface area contributed by atoms with Crippen molar-refractivity contribution < 1.29 is 5.11 Å². The number of hydrogen-bond acceptors (Lipinski definition) is 4. The average Bonchev–Trinajstić information content (AvgIpc) is 2.96. The maximum atomic E-state index is 9.52. The fraction of sp³-hybridized carbons (Fsp3) is 0.118. The number of nitrogen functional groups attached to an aromatic ring is 1. The molecule has 105 valence electrons. The molecule has 0 atom stereocenters. The van der Waals surface area contributed by atoms with Gasteiger partial charge in [0.25, 0.3) is 0 Å². The summed E-state index contributed by atoms with van der Waals surface area (Å²) in [6.07, 6.45) is 3.40. The summed E-state index contributed by atoms with van der Waals surface area (Å²) in [7, 11) is 0. The fourth-order valence-electron chi connectivity index (χ4n) is 2.26. The van der Waals surface area contributed by atoms with Gasteiger partial charge in [0.2, 0.25) is 0 Å². The highest BCUT2D eigenvalue weighted by Crippen LogP contribution is 2.22. The van der Waals surface area contributed by atoms with Crippen LogP contribution in [0, 0.1) is 6.07 Å². The molecule has 0 bridgehead atoms. The second-order valence-electron chi connectivity index (χ2n) is 4.93. The molecule has 3 aromatic rings. The van der Waals surface area contributed by atoms with Gasteiger partial charge in [0.05, 0.1) is 5.51 Å². The van der Waals surface area contributed by atoms with Gasteiger partial charge in [-0.25, -0.2) is 0 Å². The number of anilines is 1. The van der Waals surface area contributed by atoms with Crippen molar-refractivity contribution in [3.8, 4) is 5.75 Å². The summed E-state index contributed by atoms with van der Waals surface area (Å²) in [6, 6.07) is 14.3. The molecule has 0 spiro atoms. The van der Waals surface area contributed by atoms with Gasteiger partial charge in [-0.2, -0.15) is 0 Å². The van der Waals surface area contributed by atoms with Crippen LogP contribution in [0.3, 0.4) is 0 Å². The van der Waals surface area contributed by atoms with E-state index in [0.29, 0.717) is 0 Å². The molecule has 2 aromatic carbocycles. The van der Waals surface area contributed by atoms with Gasteiger partial charge in [0.1, 0.15) is 5.75 Å². The maximum absolute atomic E-state index is 9.52. The van der Waals surface area contributed by atoms with Gasteiger partial charge >= 0.3 is 0 Å². The van der Waals surface area contributed by atoms with Crippen molar-refractivity contribution in [1.82, 2.24) is 4.98 Å². The average molecular weight is 295 g/mol. The molecular formula is C17H15N2OS. The van der Waals surface area contributed by atoms with Crippen LogP contribution in [0.4, 0.5) is 5.69 Å². The Hall–Kier alpha value is -2.33. The number of thiazole rings is 1. The smallest absolute Gasteiger partial charge is 0.115 e. The van der Waals surface area contributed by atoms with Crippen LogP contribution in [-0.2, 0) is 12.8 Å². The Kier molecular flexibility index (Phi) is 3.88. The van der Waals surface area contributed by atoms with E-state index in [1.54, 1.807) is 29.5 Å². The Bertz CT molecular complexity index is 738. The molecule has 0 aliphatic rings. The van der Waals surface area contributed by atoms with Gasteiger partial charge in [-0.3, -0.25) is 4.98 Å². The van der Waals surface area contributed by atoms with E-state index >= 15 is 0 Å². The molecule has 0 unspecified atom stereocenters. The molecule has 0 aliphatic heterocycles. The number of nitrogens with two attached hydrogens (primary N) is 1. The van der Waals surface area contributed by atoms with E-state index < -0.39 is 0 Å². The zero-order valence-electron chi connectivity index (χ0n) is 11.4. The van der Waals surface area contributed by atoms with E-state index in [1.807, 2.05) is 23.8 Å². The fourth-order valence-corrected chi connectivity index (χ4v) is 2.88. The summed E-state index contributed by atoms with van der Waals surface area (Å²) in [5, 5.41) is 9.52. The first-order valence-electron chi connectivity index (χ1n) is 6.65. The Morgan fingerprint density at radius 1 is 1.19 bits per heavy atom. The zero-order valence-corrected chi connectivity index (χ0v) is 12.2. The highest BCUT2D eigenvalue weighted by Gasteiger charge is 2.05. The number of aromatic hydroxyl groups is 1. The summed E-state index contributed by atoms with van der Waals surface area (Å²) >= 11 is 1.63. The summed E-state index contributed by atoms with van der Waals surface area (Å²) < 4.78 is 0. The second-order valence-corrected chi connectivity index (χ2v) is 5.90. The molecule has 0 saturated heterocycles. The van der Waals surface area contributed by atoms with Gasteiger partial charge in [0.15, 0.2) is 0 Å². The largest absolute Gasteiger partial charge is 0.508 e. The quantitative estimate of drug-likeness (QED) is 0.725. The molecule has 0 fully saturated rings. The molecule has 1 heterocycles. The molecule has 4 heteroatoms. The lowest BCUT2D eigenvalue weighted by Crippen LogP contribution is -1.97. The van der Waals surface area contributed by atoms with Gasteiger partial charge < -0.3 is 10.8 Å². The van der Waals surface area contributed by atoms with Crippen molar-refractivity contribution in [3.63, 3.8) is 0 Å². The Balaban J connectivity index is 1.83. The molecule has 0 amide bonds. The minimum atomic E-state index is 0.268. The first-order valence-corrected chi connectivity index (χ1v) is 7.53. The number of nitrogens with zero attached hydrogens (tertiary/aromatic N) is 1. The predicted molar refractivity (Wildman–Crippen MR) is 85.5 cm³/mol. The van der Waals surface area contributed by atoms with Crippen LogP contribution in [0.1, 0.15) is 21.6 Å². The zero-order chi connectivity index (χ0) is 14.7. The Morgan fingerprint density at radius 3 is 2.86 bits per heavy atom. The number of rotatable bonds is 4. The van der Waals surface area contributed by atoms with Crippen LogP contribution in [-0.4, -0.2) is 10.1 Å². The molecule has 0 aliphatic carbocycles. The Labute approximate surface area is 127 Å². The number of benzene rings is 2. The van der Waals surface area contributed by atoms with E-state index in [0.717, 1.165) is 35.2 Å². The number of hydrogen-bond donors (Lipinski definition) is 2. The maximum Gasteiger partial charge on any atom is 0.115 e. The number of phenols is 1. The summed E-state index contributed by atoms with van der Waals surface area (Å²) in [4.78, 5) is 5.29. The van der Waals surface area contributed by atoms with Crippen molar-refractivity contribution in [3.05, 3.63) is 75.7 Å². The van der Waals surface area contributed by atoms with Crippen LogP contribution in [0.25, 0.3) is 0 Å². The lowest BCUT2D eigenvalue weighted by molar-refractivity contribution is 0.474. The van der Waals surface area contributed by atoms with E-state index in [9.17, 15) is 5.11 Å². The lowest BCUT2D eigenvalue weighted by Gasteiger charge is -2.08.